The van der Waals surface area contributed by atoms with Gasteiger partial charge < -0.3 is 4.98 Å². The molecule has 30 heavy (non-hydrogen) atoms. The number of aromatic nitrogens is 2. The van der Waals surface area contributed by atoms with E-state index in [2.05, 4.69) is 20.5 Å². The van der Waals surface area contributed by atoms with Crippen LogP contribution < -0.4 is 5.32 Å². The second-order valence-corrected chi connectivity index (χ2v) is 8.08. The molecule has 0 unspecified atom stereocenters. The minimum absolute atomic E-state index is 0.161. The largest absolute Gasteiger partial charge is 0.324 e. The van der Waals surface area contributed by atoms with Gasteiger partial charge in [-0.1, -0.05) is 38.2 Å². The normalized spacial score (nSPS) is 16.6. The monoisotopic (exact) mass is 408 g/mol. The minimum Gasteiger partial charge on any atom is -0.324 e. The minimum atomic E-state index is -0.444. The van der Waals surface area contributed by atoms with E-state index in [1.165, 1.54) is 61.4 Å². The molecule has 156 valence electrons. The fraction of sp³-hybridized carbons (Fsp3) is 0.391. The first-order valence-corrected chi connectivity index (χ1v) is 10.5. The third-order valence-electron chi connectivity index (χ3n) is 5.83. The topological polar surface area (TPSA) is 87.2 Å². The van der Waals surface area contributed by atoms with Crippen molar-refractivity contribution >= 4 is 28.6 Å². The number of carbonyl (C=O) groups excluding carboxylic acids is 1. The molecule has 2 aliphatic rings. The number of hydrogen-bond donors (Lipinski definition) is 2. The van der Waals surface area contributed by atoms with Crippen LogP contribution in [-0.2, 0) is 0 Å². The molecule has 3 aromatic rings. The van der Waals surface area contributed by atoms with E-state index in [0.29, 0.717) is 11.0 Å². The number of imidazole rings is 1. The fourth-order valence-corrected chi connectivity index (χ4v) is 4.10. The van der Waals surface area contributed by atoms with E-state index in [1.807, 2.05) is 0 Å². The molecule has 0 atom stereocenters. The van der Waals surface area contributed by atoms with Gasteiger partial charge in [0.15, 0.2) is 0 Å². The number of fused-ring (bicyclic) bond motifs is 1. The summed E-state index contributed by atoms with van der Waals surface area (Å²) in [5, 5.41) is 5.32. The number of rotatable bonds is 4. The summed E-state index contributed by atoms with van der Waals surface area (Å²) in [6.45, 7) is 0. The molecule has 0 spiro atoms. The van der Waals surface area contributed by atoms with Gasteiger partial charge in [-0.05, 0) is 66.3 Å². The number of hydrogen-bond acceptors (Lipinski definition) is 4. The van der Waals surface area contributed by atoms with Gasteiger partial charge in [0.2, 0.25) is 5.95 Å². The first-order valence-electron chi connectivity index (χ1n) is 10.5. The summed E-state index contributed by atoms with van der Waals surface area (Å²) >= 11 is 0. The van der Waals surface area contributed by atoms with Gasteiger partial charge in [0.1, 0.15) is 11.5 Å². The molecular weight excluding hydrogens is 383 g/mol. The van der Waals surface area contributed by atoms with Gasteiger partial charge in [-0.2, -0.15) is 0 Å². The van der Waals surface area contributed by atoms with Gasteiger partial charge in [-0.15, -0.1) is 4.91 Å². The van der Waals surface area contributed by atoms with Gasteiger partial charge in [-0.3, -0.25) is 10.1 Å². The van der Waals surface area contributed by atoms with Crippen molar-refractivity contribution in [3.63, 3.8) is 0 Å². The molecule has 2 aliphatic carbocycles. The van der Waals surface area contributed by atoms with E-state index >= 15 is 0 Å². The molecule has 1 amide bonds. The molecular formula is C23H25FN4O2. The quantitative estimate of drug-likeness (QED) is 0.495. The molecule has 7 heteroatoms. The summed E-state index contributed by atoms with van der Waals surface area (Å²) in [5.74, 6) is 1.71. The Morgan fingerprint density at radius 2 is 1.80 bits per heavy atom. The van der Waals surface area contributed by atoms with Crippen molar-refractivity contribution in [3.05, 3.63) is 58.8 Å². The van der Waals surface area contributed by atoms with Crippen LogP contribution in [0.3, 0.4) is 0 Å². The van der Waals surface area contributed by atoms with Crippen LogP contribution >= 0.6 is 0 Å². The maximum absolute atomic E-state index is 13.1. The number of nitrogens with one attached hydrogen (secondary N) is 2. The highest BCUT2D eigenvalue weighted by atomic mass is 19.1. The fourth-order valence-electron chi connectivity index (χ4n) is 4.10. The van der Waals surface area contributed by atoms with Gasteiger partial charge in [0.05, 0.1) is 11.0 Å². The van der Waals surface area contributed by atoms with E-state index in [9.17, 15) is 14.1 Å². The maximum Gasteiger partial charge on any atom is 0.258 e. The predicted octanol–water partition coefficient (Wildman–Crippen LogP) is 6.33. The van der Waals surface area contributed by atoms with Crippen LogP contribution in [0.1, 0.15) is 55.3 Å². The zero-order chi connectivity index (χ0) is 20.9. The maximum atomic E-state index is 13.1. The number of nitroso groups, excluding NO2 is 1. The molecule has 0 radical (unpaired) electrons. The Morgan fingerprint density at radius 3 is 2.53 bits per heavy atom. The lowest BCUT2D eigenvalue weighted by atomic mass is 9.86. The Hall–Kier alpha value is -3.09. The van der Waals surface area contributed by atoms with E-state index < -0.39 is 11.7 Å². The summed E-state index contributed by atoms with van der Waals surface area (Å²) in [6.07, 6.45) is 10.8. The molecule has 2 fully saturated rings. The molecule has 0 aliphatic heterocycles. The Kier molecular flexibility index (Phi) is 6.16. The Balaban J connectivity index is 0.000000200. The number of amides is 1. The number of nitrogens with zero attached hydrogens (tertiary/aromatic N) is 2. The van der Waals surface area contributed by atoms with E-state index in [-0.39, 0.29) is 17.2 Å². The molecule has 0 bridgehead atoms. The summed E-state index contributed by atoms with van der Waals surface area (Å²) in [6, 6.07) is 10.0. The van der Waals surface area contributed by atoms with Crippen LogP contribution in [0.2, 0.25) is 0 Å². The van der Waals surface area contributed by atoms with Crippen molar-refractivity contribution in [1.82, 2.24) is 9.97 Å². The summed E-state index contributed by atoms with van der Waals surface area (Å²) < 4.78 is 13.1. The van der Waals surface area contributed by atoms with Crippen LogP contribution in [0.5, 0.6) is 0 Å². The van der Waals surface area contributed by atoms with Crippen molar-refractivity contribution < 1.29 is 9.18 Å². The lowest BCUT2D eigenvalue weighted by Crippen LogP contribution is -2.12. The molecule has 6 nitrogen and oxygen atoms in total. The van der Waals surface area contributed by atoms with E-state index in [4.69, 9.17) is 0 Å². The average Bonchev–Trinajstić information content (AvgIpc) is 3.55. The Labute approximate surface area is 174 Å². The van der Waals surface area contributed by atoms with E-state index in [0.717, 1.165) is 0 Å². The SMILES string of the molecule is C1CCC(C2CC2)CC1.O=Nc1cccc(C(=O)Nc2nc3ccc(F)cc3[nH]2)c1. The van der Waals surface area contributed by atoms with Crippen molar-refractivity contribution in [2.75, 3.05) is 5.32 Å². The van der Waals surface area contributed by atoms with Gasteiger partial charge >= 0.3 is 0 Å². The van der Waals surface area contributed by atoms with Crippen LogP contribution in [-0.4, -0.2) is 15.9 Å². The second kappa shape index (κ2) is 9.15. The highest BCUT2D eigenvalue weighted by molar-refractivity contribution is 6.04. The number of aromatic amines is 1. The third-order valence-corrected chi connectivity index (χ3v) is 5.83. The molecule has 2 aromatic carbocycles. The van der Waals surface area contributed by atoms with Crippen LogP contribution in [0, 0.1) is 22.6 Å². The van der Waals surface area contributed by atoms with Crippen molar-refractivity contribution in [3.8, 4) is 0 Å². The molecule has 1 aromatic heterocycles. The molecule has 2 N–H and O–H groups in total. The number of benzene rings is 2. The Morgan fingerprint density at radius 1 is 1.03 bits per heavy atom. The number of anilines is 1. The van der Waals surface area contributed by atoms with Crippen molar-refractivity contribution in [2.24, 2.45) is 17.0 Å². The third kappa shape index (κ3) is 5.09. The van der Waals surface area contributed by atoms with Crippen LogP contribution in [0.25, 0.3) is 11.0 Å². The lowest BCUT2D eigenvalue weighted by molar-refractivity contribution is 0.102. The number of halogens is 1. The summed E-state index contributed by atoms with van der Waals surface area (Å²) in [4.78, 5) is 29.4. The zero-order valence-corrected chi connectivity index (χ0v) is 16.7. The highest BCUT2D eigenvalue weighted by Gasteiger charge is 2.31. The van der Waals surface area contributed by atoms with Gasteiger partial charge in [0, 0.05) is 5.56 Å². The van der Waals surface area contributed by atoms with Crippen molar-refractivity contribution in [2.45, 2.75) is 44.9 Å². The molecule has 0 saturated heterocycles. The second-order valence-electron chi connectivity index (χ2n) is 8.08. The summed E-state index contributed by atoms with van der Waals surface area (Å²) in [5.41, 5.74) is 1.46. The summed E-state index contributed by atoms with van der Waals surface area (Å²) in [7, 11) is 0. The van der Waals surface area contributed by atoms with Gasteiger partial charge in [0.25, 0.3) is 5.91 Å². The van der Waals surface area contributed by atoms with Crippen LogP contribution in [0.15, 0.2) is 47.6 Å². The Bertz CT molecular complexity index is 1040. The van der Waals surface area contributed by atoms with Crippen LogP contribution in [0.4, 0.5) is 16.0 Å². The molecule has 5 rings (SSSR count). The first kappa shape index (κ1) is 20.2. The highest BCUT2D eigenvalue weighted by Crippen LogP contribution is 2.43. The first-order chi connectivity index (χ1) is 14.6. The van der Waals surface area contributed by atoms with E-state index in [1.54, 1.807) is 37.8 Å². The van der Waals surface area contributed by atoms with Crippen molar-refractivity contribution in [1.29, 1.82) is 0 Å². The average molecular weight is 408 g/mol. The standard InChI is InChI=1S/C14H9FN4O2.C9H16/c15-9-4-5-11-12(7-9)17-14(16-11)18-13(20)8-2-1-3-10(6-8)19-21;1-2-4-8(5-3-1)9-6-7-9/h1-7H,(H2,16,17,18,20);8-9H,1-7H2. The predicted molar refractivity (Wildman–Crippen MR) is 115 cm³/mol. The van der Waals surface area contributed by atoms with Gasteiger partial charge in [-0.25, -0.2) is 9.37 Å². The lowest BCUT2D eigenvalue weighted by Gasteiger charge is -2.20. The smallest absolute Gasteiger partial charge is 0.258 e. The molecule has 1 heterocycles. The number of carbonyl (C=O) groups is 1. The zero-order valence-electron chi connectivity index (χ0n) is 16.7. The number of H-pyrrole nitrogens is 1. The molecule has 2 saturated carbocycles.